The fourth-order valence-electron chi connectivity index (χ4n) is 2.49. The molecule has 0 aliphatic carbocycles. The van der Waals surface area contributed by atoms with Crippen LogP contribution in [0.2, 0.25) is 0 Å². The standard InChI is InChI=1S/C17H19NO3/c19-16(12-17-20-9-10-21-17)18-8-7-13-5-6-14-3-1-2-4-15(14)11-13/h1-6,11,17H,7-10,12H2,(H,18,19). The van der Waals surface area contributed by atoms with Crippen LogP contribution >= 0.6 is 0 Å². The molecular weight excluding hydrogens is 266 g/mol. The molecule has 0 bridgehead atoms. The highest BCUT2D eigenvalue weighted by Gasteiger charge is 2.19. The van der Waals surface area contributed by atoms with Crippen LogP contribution in [-0.2, 0) is 20.7 Å². The molecule has 1 heterocycles. The first kappa shape index (κ1) is 14.0. The van der Waals surface area contributed by atoms with Gasteiger partial charge in [-0.3, -0.25) is 4.79 Å². The molecule has 1 aliphatic rings. The summed E-state index contributed by atoms with van der Waals surface area (Å²) in [5.74, 6) is -0.0253. The molecule has 3 rings (SSSR count). The molecule has 1 saturated heterocycles. The van der Waals surface area contributed by atoms with E-state index in [1.807, 2.05) is 12.1 Å². The first-order chi connectivity index (χ1) is 10.3. The zero-order valence-corrected chi connectivity index (χ0v) is 11.9. The van der Waals surface area contributed by atoms with Gasteiger partial charge in [0, 0.05) is 6.54 Å². The Morgan fingerprint density at radius 3 is 2.67 bits per heavy atom. The minimum atomic E-state index is -0.370. The van der Waals surface area contributed by atoms with Crippen LogP contribution in [0.5, 0.6) is 0 Å². The van der Waals surface area contributed by atoms with Crippen molar-refractivity contribution in [2.24, 2.45) is 0 Å². The highest BCUT2D eigenvalue weighted by Crippen LogP contribution is 2.15. The predicted molar refractivity (Wildman–Crippen MR) is 81.0 cm³/mol. The molecule has 0 unspecified atom stereocenters. The van der Waals surface area contributed by atoms with Crippen molar-refractivity contribution in [2.75, 3.05) is 19.8 Å². The Morgan fingerprint density at radius 2 is 1.86 bits per heavy atom. The van der Waals surface area contributed by atoms with Gasteiger partial charge >= 0.3 is 0 Å². The van der Waals surface area contributed by atoms with Gasteiger partial charge in [0.05, 0.1) is 19.6 Å². The molecular formula is C17H19NO3. The zero-order chi connectivity index (χ0) is 14.5. The lowest BCUT2D eigenvalue weighted by molar-refractivity contribution is -0.129. The lowest BCUT2D eigenvalue weighted by atomic mass is 10.1. The summed E-state index contributed by atoms with van der Waals surface area (Å²) in [5.41, 5.74) is 1.22. The number of carbonyl (C=O) groups is 1. The van der Waals surface area contributed by atoms with E-state index < -0.39 is 0 Å². The van der Waals surface area contributed by atoms with Crippen molar-refractivity contribution in [1.82, 2.24) is 5.32 Å². The fraction of sp³-hybridized carbons (Fsp3) is 0.353. The van der Waals surface area contributed by atoms with E-state index >= 15 is 0 Å². The van der Waals surface area contributed by atoms with Crippen LogP contribution in [0.3, 0.4) is 0 Å². The number of nitrogens with one attached hydrogen (secondary N) is 1. The van der Waals surface area contributed by atoms with Crippen LogP contribution < -0.4 is 5.32 Å². The van der Waals surface area contributed by atoms with E-state index in [2.05, 4.69) is 35.6 Å². The van der Waals surface area contributed by atoms with E-state index in [9.17, 15) is 4.79 Å². The molecule has 0 atom stereocenters. The normalized spacial score (nSPS) is 15.4. The second kappa shape index (κ2) is 6.70. The van der Waals surface area contributed by atoms with Gasteiger partial charge in [-0.2, -0.15) is 0 Å². The smallest absolute Gasteiger partial charge is 0.225 e. The molecule has 2 aromatic carbocycles. The van der Waals surface area contributed by atoms with Crippen molar-refractivity contribution >= 4 is 16.7 Å². The van der Waals surface area contributed by atoms with Gasteiger partial charge in [0.2, 0.25) is 5.91 Å². The summed E-state index contributed by atoms with van der Waals surface area (Å²) in [6, 6.07) is 14.7. The highest BCUT2D eigenvalue weighted by atomic mass is 16.7. The van der Waals surface area contributed by atoms with Crippen molar-refractivity contribution in [3.63, 3.8) is 0 Å². The third-order valence-electron chi connectivity index (χ3n) is 3.59. The average molecular weight is 285 g/mol. The molecule has 21 heavy (non-hydrogen) atoms. The SMILES string of the molecule is O=C(CC1OCCO1)NCCc1ccc2ccccc2c1. The third kappa shape index (κ3) is 3.80. The topological polar surface area (TPSA) is 47.6 Å². The lowest BCUT2D eigenvalue weighted by Gasteiger charge is -2.09. The summed E-state index contributed by atoms with van der Waals surface area (Å²) in [6.45, 7) is 1.79. The van der Waals surface area contributed by atoms with Crippen LogP contribution in [0, 0.1) is 0 Å². The van der Waals surface area contributed by atoms with Crippen molar-refractivity contribution in [3.8, 4) is 0 Å². The number of ether oxygens (including phenoxy) is 2. The number of amides is 1. The van der Waals surface area contributed by atoms with E-state index in [0.717, 1.165) is 6.42 Å². The molecule has 2 aromatic rings. The molecule has 0 aromatic heterocycles. The van der Waals surface area contributed by atoms with Crippen LogP contribution in [0.4, 0.5) is 0 Å². The molecule has 0 spiro atoms. The van der Waals surface area contributed by atoms with Gasteiger partial charge in [-0.1, -0.05) is 42.5 Å². The van der Waals surface area contributed by atoms with Gasteiger partial charge in [-0.15, -0.1) is 0 Å². The molecule has 4 nitrogen and oxygen atoms in total. The summed E-state index contributed by atoms with van der Waals surface area (Å²) in [5, 5.41) is 5.37. The molecule has 4 heteroatoms. The molecule has 1 N–H and O–H groups in total. The average Bonchev–Trinajstić information content (AvgIpc) is 3.00. The second-order valence-electron chi connectivity index (χ2n) is 5.16. The second-order valence-corrected chi connectivity index (χ2v) is 5.16. The highest BCUT2D eigenvalue weighted by molar-refractivity contribution is 5.83. The van der Waals surface area contributed by atoms with Gasteiger partial charge in [0.1, 0.15) is 0 Å². The van der Waals surface area contributed by atoms with Crippen LogP contribution in [0.25, 0.3) is 10.8 Å². The molecule has 1 amide bonds. The van der Waals surface area contributed by atoms with Crippen molar-refractivity contribution in [2.45, 2.75) is 19.1 Å². The number of fused-ring (bicyclic) bond motifs is 1. The maximum absolute atomic E-state index is 11.7. The summed E-state index contributed by atoms with van der Waals surface area (Å²) in [6.07, 6.45) is 0.728. The number of carbonyl (C=O) groups excluding carboxylic acids is 1. The first-order valence-electron chi connectivity index (χ1n) is 7.29. The molecule has 0 saturated carbocycles. The monoisotopic (exact) mass is 285 g/mol. The van der Waals surface area contributed by atoms with Crippen LogP contribution in [0.15, 0.2) is 42.5 Å². The minimum Gasteiger partial charge on any atom is -0.356 e. The first-order valence-corrected chi connectivity index (χ1v) is 7.29. The van der Waals surface area contributed by atoms with E-state index in [0.29, 0.717) is 19.8 Å². The number of benzene rings is 2. The van der Waals surface area contributed by atoms with Gasteiger partial charge in [-0.25, -0.2) is 0 Å². The van der Waals surface area contributed by atoms with Crippen molar-refractivity contribution in [3.05, 3.63) is 48.0 Å². The van der Waals surface area contributed by atoms with Crippen molar-refractivity contribution in [1.29, 1.82) is 0 Å². The van der Waals surface area contributed by atoms with Gasteiger partial charge in [-0.05, 0) is 22.8 Å². The Hall–Kier alpha value is -1.91. The minimum absolute atomic E-state index is 0.0253. The Morgan fingerprint density at radius 1 is 1.10 bits per heavy atom. The lowest BCUT2D eigenvalue weighted by Crippen LogP contribution is -2.29. The van der Waals surface area contributed by atoms with E-state index in [1.54, 1.807) is 0 Å². The largest absolute Gasteiger partial charge is 0.356 e. The fourth-order valence-corrected chi connectivity index (χ4v) is 2.49. The van der Waals surface area contributed by atoms with Gasteiger partial charge < -0.3 is 14.8 Å². The maximum atomic E-state index is 11.7. The number of rotatable bonds is 5. The molecule has 1 aliphatic heterocycles. The Kier molecular flexibility index (Phi) is 4.48. The number of hydrogen-bond acceptors (Lipinski definition) is 3. The Bertz CT molecular complexity index is 620. The van der Waals surface area contributed by atoms with E-state index in [4.69, 9.17) is 9.47 Å². The third-order valence-corrected chi connectivity index (χ3v) is 3.59. The van der Waals surface area contributed by atoms with E-state index in [1.165, 1.54) is 16.3 Å². The number of hydrogen-bond donors (Lipinski definition) is 1. The summed E-state index contributed by atoms with van der Waals surface area (Å²) in [4.78, 5) is 11.7. The van der Waals surface area contributed by atoms with Crippen molar-refractivity contribution < 1.29 is 14.3 Å². The van der Waals surface area contributed by atoms with Crippen LogP contribution in [-0.4, -0.2) is 32.0 Å². The van der Waals surface area contributed by atoms with E-state index in [-0.39, 0.29) is 18.6 Å². The van der Waals surface area contributed by atoms with Gasteiger partial charge in [0.15, 0.2) is 6.29 Å². The maximum Gasteiger partial charge on any atom is 0.225 e. The zero-order valence-electron chi connectivity index (χ0n) is 11.9. The summed E-state index contributed by atoms with van der Waals surface area (Å²) < 4.78 is 10.5. The summed E-state index contributed by atoms with van der Waals surface area (Å²) >= 11 is 0. The van der Waals surface area contributed by atoms with Crippen LogP contribution in [0.1, 0.15) is 12.0 Å². The quantitative estimate of drug-likeness (QED) is 0.916. The summed E-state index contributed by atoms with van der Waals surface area (Å²) in [7, 11) is 0. The molecule has 110 valence electrons. The van der Waals surface area contributed by atoms with Gasteiger partial charge in [0.25, 0.3) is 0 Å². The molecule has 1 fully saturated rings. The Balaban J connectivity index is 1.48. The molecule has 0 radical (unpaired) electrons. The Labute approximate surface area is 124 Å². The predicted octanol–water partition coefficient (Wildman–Crippen LogP) is 2.26.